The fraction of sp³-hybridized carbons (Fsp3) is 0.182. The van der Waals surface area contributed by atoms with E-state index < -0.39 is 17.9 Å². The molecule has 1 amide bonds. The van der Waals surface area contributed by atoms with Crippen molar-refractivity contribution in [2.75, 3.05) is 0 Å². The Morgan fingerprint density at radius 3 is 2.60 bits per heavy atom. The number of carbonyl (C=O) groups excluding carboxylic acids is 1. The van der Waals surface area contributed by atoms with Gasteiger partial charge in [-0.3, -0.25) is 9.59 Å². The van der Waals surface area contributed by atoms with E-state index in [1.807, 2.05) is 24.3 Å². The van der Waals surface area contributed by atoms with Crippen molar-refractivity contribution < 1.29 is 14.7 Å². The zero-order valence-electron chi connectivity index (χ0n) is 16.0. The summed E-state index contributed by atoms with van der Waals surface area (Å²) >= 11 is 0. The van der Waals surface area contributed by atoms with Gasteiger partial charge >= 0.3 is 5.97 Å². The number of carboxylic acid groups (broad SMARTS) is 1. The number of aromatic amines is 2. The van der Waals surface area contributed by atoms with Gasteiger partial charge in [0.2, 0.25) is 5.91 Å². The van der Waals surface area contributed by atoms with Gasteiger partial charge in [-0.1, -0.05) is 30.3 Å². The minimum atomic E-state index is -1.11. The zero-order valence-corrected chi connectivity index (χ0v) is 16.0. The maximum Gasteiger partial charge on any atom is 0.326 e. The monoisotopic (exact) mass is 404 g/mol. The first-order chi connectivity index (χ1) is 14.5. The average molecular weight is 404 g/mol. The molecular formula is C22H20N4O4. The molecule has 4 N–H and O–H groups in total. The molecule has 0 aliphatic rings. The second-order valence-corrected chi connectivity index (χ2v) is 7.05. The van der Waals surface area contributed by atoms with Gasteiger partial charge in [0.05, 0.1) is 10.9 Å². The molecule has 30 heavy (non-hydrogen) atoms. The van der Waals surface area contributed by atoms with Crippen molar-refractivity contribution in [2.24, 2.45) is 0 Å². The molecule has 4 rings (SSSR count). The highest BCUT2D eigenvalue weighted by molar-refractivity contribution is 5.86. The molecular weight excluding hydrogens is 384 g/mol. The van der Waals surface area contributed by atoms with E-state index in [9.17, 15) is 19.5 Å². The topological polar surface area (TPSA) is 128 Å². The Labute approximate surface area is 171 Å². The number of aliphatic carboxylic acids is 1. The van der Waals surface area contributed by atoms with Crippen molar-refractivity contribution in [3.63, 3.8) is 0 Å². The third-order valence-electron chi connectivity index (χ3n) is 4.98. The quantitative estimate of drug-likeness (QED) is 0.375. The SMILES string of the molecule is O=C(CCc1nc2ccccc2c(=O)[nH]1)NC(Cc1c[nH]c2ccccc12)C(=O)O. The summed E-state index contributed by atoms with van der Waals surface area (Å²) in [7, 11) is 0. The van der Waals surface area contributed by atoms with E-state index in [1.165, 1.54) is 0 Å². The third kappa shape index (κ3) is 4.07. The van der Waals surface area contributed by atoms with E-state index >= 15 is 0 Å². The summed E-state index contributed by atoms with van der Waals surface area (Å²) in [4.78, 5) is 46.3. The van der Waals surface area contributed by atoms with Crippen molar-refractivity contribution in [1.29, 1.82) is 0 Å². The van der Waals surface area contributed by atoms with E-state index in [1.54, 1.807) is 30.5 Å². The Morgan fingerprint density at radius 2 is 1.80 bits per heavy atom. The van der Waals surface area contributed by atoms with Gasteiger partial charge in [-0.05, 0) is 23.8 Å². The number of aryl methyl sites for hydroxylation is 1. The molecule has 0 fully saturated rings. The average Bonchev–Trinajstić information content (AvgIpc) is 3.15. The first kappa shape index (κ1) is 19.4. The predicted molar refractivity (Wildman–Crippen MR) is 112 cm³/mol. The zero-order chi connectivity index (χ0) is 21.1. The van der Waals surface area contributed by atoms with Gasteiger partial charge in [0.25, 0.3) is 5.56 Å². The molecule has 4 aromatic rings. The van der Waals surface area contributed by atoms with Crippen LogP contribution in [-0.2, 0) is 22.4 Å². The van der Waals surface area contributed by atoms with Gasteiger partial charge < -0.3 is 20.4 Å². The number of nitrogens with zero attached hydrogens (tertiary/aromatic N) is 1. The van der Waals surface area contributed by atoms with Crippen molar-refractivity contribution in [1.82, 2.24) is 20.3 Å². The first-order valence-electron chi connectivity index (χ1n) is 9.56. The van der Waals surface area contributed by atoms with Gasteiger partial charge in [0, 0.05) is 36.4 Å². The number of nitrogens with one attached hydrogen (secondary N) is 3. The van der Waals surface area contributed by atoms with Crippen LogP contribution in [0, 0.1) is 0 Å². The van der Waals surface area contributed by atoms with Gasteiger partial charge in [0.1, 0.15) is 11.9 Å². The molecule has 0 radical (unpaired) electrons. The van der Waals surface area contributed by atoms with E-state index in [2.05, 4.69) is 20.3 Å². The van der Waals surface area contributed by atoms with Crippen LogP contribution < -0.4 is 10.9 Å². The summed E-state index contributed by atoms with van der Waals surface area (Å²) in [6.07, 6.45) is 2.14. The van der Waals surface area contributed by atoms with Crippen LogP contribution in [0.2, 0.25) is 0 Å². The van der Waals surface area contributed by atoms with Gasteiger partial charge in [0.15, 0.2) is 0 Å². The normalized spacial score (nSPS) is 12.1. The summed E-state index contributed by atoms with van der Waals surface area (Å²) < 4.78 is 0. The lowest BCUT2D eigenvalue weighted by Crippen LogP contribution is -2.42. The van der Waals surface area contributed by atoms with Crippen LogP contribution in [0.5, 0.6) is 0 Å². The summed E-state index contributed by atoms with van der Waals surface area (Å²) in [5.41, 5.74) is 2.02. The van der Waals surface area contributed by atoms with E-state index in [-0.39, 0.29) is 24.8 Å². The molecule has 2 aromatic heterocycles. The Morgan fingerprint density at radius 1 is 1.07 bits per heavy atom. The predicted octanol–water partition coefficient (Wildman–Crippen LogP) is 2.15. The van der Waals surface area contributed by atoms with E-state index in [0.29, 0.717) is 16.7 Å². The number of carbonyl (C=O) groups is 2. The highest BCUT2D eigenvalue weighted by atomic mass is 16.4. The molecule has 0 spiro atoms. The Balaban J connectivity index is 1.42. The maximum atomic E-state index is 12.4. The van der Waals surface area contributed by atoms with Crippen molar-refractivity contribution in [3.05, 3.63) is 76.5 Å². The number of carboxylic acids is 1. The first-order valence-corrected chi connectivity index (χ1v) is 9.56. The standard InChI is InChI=1S/C22H20N4O4/c27-20(10-9-19-24-17-8-4-2-6-15(17)21(28)26-19)25-18(22(29)30)11-13-12-23-16-7-3-1-5-14(13)16/h1-8,12,18,23H,9-11H2,(H,25,27)(H,29,30)(H,24,26,28). The lowest BCUT2D eigenvalue weighted by Gasteiger charge is -2.14. The second-order valence-electron chi connectivity index (χ2n) is 7.05. The van der Waals surface area contributed by atoms with Gasteiger partial charge in [-0.2, -0.15) is 0 Å². The number of para-hydroxylation sites is 2. The van der Waals surface area contributed by atoms with Crippen LogP contribution in [-0.4, -0.2) is 38.0 Å². The molecule has 2 aromatic carbocycles. The van der Waals surface area contributed by atoms with Crippen LogP contribution in [0.25, 0.3) is 21.8 Å². The molecule has 8 nitrogen and oxygen atoms in total. The number of rotatable bonds is 7. The van der Waals surface area contributed by atoms with Crippen molar-refractivity contribution in [2.45, 2.75) is 25.3 Å². The number of hydrogen-bond acceptors (Lipinski definition) is 4. The molecule has 0 saturated carbocycles. The molecule has 0 aliphatic carbocycles. The fourth-order valence-electron chi connectivity index (χ4n) is 3.47. The molecule has 152 valence electrons. The minimum absolute atomic E-state index is 0.0128. The van der Waals surface area contributed by atoms with Crippen LogP contribution >= 0.6 is 0 Å². The lowest BCUT2D eigenvalue weighted by molar-refractivity contribution is -0.141. The van der Waals surface area contributed by atoms with Crippen molar-refractivity contribution in [3.8, 4) is 0 Å². The Bertz CT molecular complexity index is 1290. The largest absolute Gasteiger partial charge is 0.480 e. The van der Waals surface area contributed by atoms with Gasteiger partial charge in [-0.15, -0.1) is 0 Å². The van der Waals surface area contributed by atoms with Crippen LogP contribution in [0.3, 0.4) is 0 Å². The molecule has 0 saturated heterocycles. The lowest BCUT2D eigenvalue weighted by atomic mass is 10.0. The number of hydrogen-bond donors (Lipinski definition) is 4. The van der Waals surface area contributed by atoms with Crippen molar-refractivity contribution >= 4 is 33.7 Å². The van der Waals surface area contributed by atoms with Crippen LogP contribution in [0.15, 0.2) is 59.5 Å². The number of H-pyrrole nitrogens is 2. The molecule has 8 heteroatoms. The molecule has 1 unspecified atom stereocenters. The van der Waals surface area contributed by atoms with E-state index in [0.717, 1.165) is 16.5 Å². The summed E-state index contributed by atoms with van der Waals surface area (Å²) in [6, 6.07) is 13.5. The minimum Gasteiger partial charge on any atom is -0.480 e. The smallest absolute Gasteiger partial charge is 0.326 e. The van der Waals surface area contributed by atoms with E-state index in [4.69, 9.17) is 0 Å². The van der Waals surface area contributed by atoms with Gasteiger partial charge in [-0.25, -0.2) is 9.78 Å². The Kier molecular flexibility index (Phi) is 5.30. The Hall–Kier alpha value is -3.94. The molecule has 1 atom stereocenters. The van der Waals surface area contributed by atoms with Crippen LogP contribution in [0.4, 0.5) is 0 Å². The summed E-state index contributed by atoms with van der Waals surface area (Å²) in [6.45, 7) is 0. The van der Waals surface area contributed by atoms with Crippen LogP contribution in [0.1, 0.15) is 17.8 Å². The maximum absolute atomic E-state index is 12.4. The second kappa shape index (κ2) is 8.20. The number of aromatic nitrogens is 3. The highest BCUT2D eigenvalue weighted by Gasteiger charge is 2.22. The molecule has 0 aliphatic heterocycles. The number of benzene rings is 2. The number of fused-ring (bicyclic) bond motifs is 2. The molecule has 0 bridgehead atoms. The third-order valence-corrected chi connectivity index (χ3v) is 4.98. The number of amides is 1. The molecule has 2 heterocycles. The fourth-order valence-corrected chi connectivity index (χ4v) is 3.47. The summed E-state index contributed by atoms with van der Waals surface area (Å²) in [5.74, 6) is -1.14. The highest BCUT2D eigenvalue weighted by Crippen LogP contribution is 2.19. The summed E-state index contributed by atoms with van der Waals surface area (Å²) in [5, 5.41) is 13.5.